The van der Waals surface area contributed by atoms with Crippen LogP contribution in [0.1, 0.15) is 61.8 Å². The van der Waals surface area contributed by atoms with Crippen LogP contribution in [0.3, 0.4) is 0 Å². The molecule has 0 amide bonds. The topological polar surface area (TPSA) is 178 Å². The minimum Gasteiger partial charge on any atom is -0.463 e. The van der Waals surface area contributed by atoms with E-state index in [-0.39, 0.29) is 23.3 Å². The molecule has 226 valence electrons. The molecule has 1 aromatic rings. The number of carbonyl (C=O) groups excluding carboxylic acids is 6. The van der Waals surface area contributed by atoms with Crippen LogP contribution in [0.15, 0.2) is 29.8 Å². The van der Waals surface area contributed by atoms with Crippen LogP contribution >= 0.6 is 0 Å². The lowest BCUT2D eigenvalue weighted by molar-refractivity contribution is -0.288. The summed E-state index contributed by atoms with van der Waals surface area (Å²) in [4.78, 5) is 75.0. The molecule has 42 heavy (non-hydrogen) atoms. The minimum atomic E-state index is -1.59. The smallest absolute Gasteiger partial charge is 0.303 e. The van der Waals surface area contributed by atoms with Gasteiger partial charge in [-0.25, -0.2) is 0 Å². The van der Waals surface area contributed by atoms with Gasteiger partial charge in [-0.2, -0.15) is 0 Å². The van der Waals surface area contributed by atoms with Gasteiger partial charge in [0.2, 0.25) is 12.4 Å². The van der Waals surface area contributed by atoms with Gasteiger partial charge in [0.15, 0.2) is 23.8 Å². The maximum atomic E-state index is 13.8. The van der Waals surface area contributed by atoms with Crippen molar-refractivity contribution in [2.75, 3.05) is 6.61 Å². The van der Waals surface area contributed by atoms with Gasteiger partial charge in [-0.05, 0) is 19.4 Å². The molecule has 1 aromatic carbocycles. The summed E-state index contributed by atoms with van der Waals surface area (Å²) in [7, 11) is 0. The average molecular weight is 589 g/mol. The van der Waals surface area contributed by atoms with Crippen molar-refractivity contribution in [2.24, 2.45) is 11.8 Å². The van der Waals surface area contributed by atoms with Gasteiger partial charge in [-0.3, -0.25) is 28.8 Å². The molecular weight excluding hydrogens is 556 g/mol. The van der Waals surface area contributed by atoms with E-state index in [1.165, 1.54) is 18.2 Å². The number of carbonyl (C=O) groups is 6. The van der Waals surface area contributed by atoms with Gasteiger partial charge >= 0.3 is 23.9 Å². The van der Waals surface area contributed by atoms with E-state index >= 15 is 0 Å². The van der Waals surface area contributed by atoms with Crippen molar-refractivity contribution in [1.82, 2.24) is 0 Å². The van der Waals surface area contributed by atoms with Crippen LogP contribution in [-0.2, 0) is 42.9 Å². The van der Waals surface area contributed by atoms with Gasteiger partial charge in [0.25, 0.3) is 0 Å². The zero-order valence-corrected chi connectivity index (χ0v) is 23.7. The molecule has 2 aliphatic carbocycles. The Kier molecular flexibility index (Phi) is 9.12. The summed E-state index contributed by atoms with van der Waals surface area (Å²) in [6, 6.07) is 4.34. The highest BCUT2D eigenvalue weighted by molar-refractivity contribution is 6.17. The Bertz CT molecular complexity index is 1330. The second-order valence-electron chi connectivity index (χ2n) is 10.4. The van der Waals surface area contributed by atoms with Crippen LogP contribution in [0.25, 0.3) is 0 Å². The van der Waals surface area contributed by atoms with Crippen LogP contribution in [-0.4, -0.2) is 84.0 Å². The second kappa shape index (κ2) is 12.4. The first-order chi connectivity index (χ1) is 19.8. The highest BCUT2D eigenvalue weighted by Gasteiger charge is 2.54. The molecule has 0 bridgehead atoms. The normalized spacial score (nSPS) is 30.2. The van der Waals surface area contributed by atoms with E-state index in [9.17, 15) is 33.9 Å². The zero-order chi connectivity index (χ0) is 30.9. The van der Waals surface area contributed by atoms with Crippen molar-refractivity contribution in [1.29, 1.82) is 0 Å². The predicted molar refractivity (Wildman–Crippen MR) is 139 cm³/mol. The SMILES string of the molecule is CC(=O)OC[C@@H]1O[C@H](Oc2cccc3c2C(=O)[C@@H]2CC(C)=C[C@H](O)[C@@H]2C3=O)[C@@H](OC(C)=O)[C@H](OC(C)=O)[C@H]1OC(C)=O. The minimum absolute atomic E-state index is 0.0383. The number of ether oxygens (including phenoxy) is 6. The molecule has 0 spiro atoms. The van der Waals surface area contributed by atoms with Crippen molar-refractivity contribution in [3.63, 3.8) is 0 Å². The molecular formula is C29H32O13. The summed E-state index contributed by atoms with van der Waals surface area (Å²) in [5.74, 6) is -5.84. The fraction of sp³-hybridized carbons (Fsp3) is 0.517. The number of hydrogen-bond donors (Lipinski definition) is 1. The molecule has 13 nitrogen and oxygen atoms in total. The number of ketones is 2. The summed E-state index contributed by atoms with van der Waals surface area (Å²) in [5, 5.41) is 10.6. The first-order valence-electron chi connectivity index (χ1n) is 13.3. The number of esters is 4. The average Bonchev–Trinajstić information content (AvgIpc) is 2.88. The predicted octanol–water partition coefficient (Wildman–Crippen LogP) is 1.47. The Hall–Kier alpha value is -4.10. The molecule has 4 rings (SSSR count). The van der Waals surface area contributed by atoms with Gasteiger partial charge in [0.1, 0.15) is 18.5 Å². The van der Waals surface area contributed by atoms with Crippen molar-refractivity contribution >= 4 is 35.4 Å². The fourth-order valence-corrected chi connectivity index (χ4v) is 5.63. The Morgan fingerprint density at radius 2 is 1.50 bits per heavy atom. The number of fused-ring (bicyclic) bond motifs is 2. The van der Waals surface area contributed by atoms with E-state index in [2.05, 4.69) is 0 Å². The second-order valence-corrected chi connectivity index (χ2v) is 10.4. The highest BCUT2D eigenvalue weighted by Crippen LogP contribution is 2.43. The maximum Gasteiger partial charge on any atom is 0.303 e. The van der Waals surface area contributed by atoms with E-state index < -0.39 is 90.7 Å². The molecule has 0 unspecified atom stereocenters. The molecule has 0 radical (unpaired) electrons. The molecule has 0 aromatic heterocycles. The van der Waals surface area contributed by atoms with Crippen molar-refractivity contribution in [3.05, 3.63) is 41.0 Å². The lowest BCUT2D eigenvalue weighted by Crippen LogP contribution is -2.63. The summed E-state index contributed by atoms with van der Waals surface area (Å²) >= 11 is 0. The Labute approximate surface area is 241 Å². The molecule has 0 saturated carbocycles. The molecule has 13 heteroatoms. The summed E-state index contributed by atoms with van der Waals surface area (Å²) in [5.41, 5.74) is 0.751. The van der Waals surface area contributed by atoms with Gasteiger partial charge in [-0.15, -0.1) is 0 Å². The standard InChI is InChI=1S/C29H32O13/c1-12-9-18-22(19(34)10-12)24(35)17-7-6-8-20(23(17)25(18)36)41-29-28(40-16(5)33)27(39-15(4)32)26(38-14(3)31)21(42-29)11-37-13(2)30/h6-8,10,18-19,21-22,26-29,34H,9,11H2,1-5H3/t18-,19+,21+,22-,26+,27-,28+,29+/m1/s1. The molecule has 1 saturated heterocycles. The highest BCUT2D eigenvalue weighted by atomic mass is 16.7. The van der Waals surface area contributed by atoms with Crippen LogP contribution in [0, 0.1) is 11.8 Å². The largest absolute Gasteiger partial charge is 0.463 e. The van der Waals surface area contributed by atoms with Gasteiger partial charge in [0.05, 0.1) is 17.6 Å². The maximum absolute atomic E-state index is 13.8. The Balaban J connectivity index is 1.77. The summed E-state index contributed by atoms with van der Waals surface area (Å²) < 4.78 is 33.4. The van der Waals surface area contributed by atoms with Gasteiger partial charge in [0, 0.05) is 39.2 Å². The van der Waals surface area contributed by atoms with E-state index in [0.717, 1.165) is 33.3 Å². The van der Waals surface area contributed by atoms with E-state index in [1.807, 2.05) is 0 Å². The van der Waals surface area contributed by atoms with Crippen LogP contribution in [0.4, 0.5) is 0 Å². The first-order valence-corrected chi connectivity index (χ1v) is 13.3. The third-order valence-corrected chi connectivity index (χ3v) is 7.17. The van der Waals surface area contributed by atoms with Crippen LogP contribution < -0.4 is 4.74 Å². The summed E-state index contributed by atoms with van der Waals surface area (Å²) in [6.07, 6.45) is -6.53. The van der Waals surface area contributed by atoms with Gasteiger partial charge < -0.3 is 33.5 Å². The quantitative estimate of drug-likeness (QED) is 0.275. The lowest BCUT2D eigenvalue weighted by Gasteiger charge is -2.44. The third kappa shape index (κ3) is 6.36. The van der Waals surface area contributed by atoms with Crippen molar-refractivity contribution in [2.45, 2.75) is 77.8 Å². The Morgan fingerprint density at radius 1 is 0.881 bits per heavy atom. The molecule has 1 aliphatic heterocycles. The van der Waals surface area contributed by atoms with Crippen LogP contribution in [0.2, 0.25) is 0 Å². The van der Waals surface area contributed by atoms with Crippen molar-refractivity contribution < 1.29 is 62.3 Å². The third-order valence-electron chi connectivity index (χ3n) is 7.17. The van der Waals surface area contributed by atoms with E-state index in [0.29, 0.717) is 0 Å². The fourth-order valence-electron chi connectivity index (χ4n) is 5.63. The monoisotopic (exact) mass is 588 g/mol. The molecule has 1 N–H and O–H groups in total. The molecule has 1 fully saturated rings. The number of allylic oxidation sites excluding steroid dienone is 1. The lowest BCUT2D eigenvalue weighted by atomic mass is 9.66. The number of Topliss-reactive ketones (excluding diaryl/α,β-unsaturated/α-hetero) is 2. The summed E-state index contributed by atoms with van der Waals surface area (Å²) in [6.45, 7) is 5.72. The number of aliphatic hydroxyl groups is 1. The van der Waals surface area contributed by atoms with Crippen molar-refractivity contribution in [3.8, 4) is 5.75 Å². The Morgan fingerprint density at radius 3 is 2.12 bits per heavy atom. The van der Waals surface area contributed by atoms with E-state index in [1.54, 1.807) is 13.0 Å². The molecule has 1 heterocycles. The molecule has 8 atom stereocenters. The van der Waals surface area contributed by atoms with Gasteiger partial charge in [-0.1, -0.05) is 23.8 Å². The number of rotatable bonds is 7. The van der Waals surface area contributed by atoms with E-state index in [4.69, 9.17) is 28.4 Å². The number of benzene rings is 1. The number of aliphatic hydroxyl groups excluding tert-OH is 1. The zero-order valence-electron chi connectivity index (χ0n) is 23.7. The number of hydrogen-bond acceptors (Lipinski definition) is 13. The molecule has 3 aliphatic rings. The van der Waals surface area contributed by atoms with Crippen LogP contribution in [0.5, 0.6) is 5.75 Å². The first kappa shape index (κ1) is 30.8.